The van der Waals surface area contributed by atoms with Crippen LogP contribution in [0.3, 0.4) is 0 Å². The zero-order valence-corrected chi connectivity index (χ0v) is 15.0. The first-order valence-electron chi connectivity index (χ1n) is 7.99. The highest BCUT2D eigenvalue weighted by Crippen LogP contribution is 2.27. The van der Waals surface area contributed by atoms with Gasteiger partial charge in [-0.05, 0) is 31.5 Å². The maximum atomic E-state index is 4.41. The van der Waals surface area contributed by atoms with Gasteiger partial charge in [0, 0.05) is 31.0 Å². The van der Waals surface area contributed by atoms with Gasteiger partial charge in [0.25, 0.3) is 0 Å². The fourth-order valence-electron chi connectivity index (χ4n) is 2.28. The highest BCUT2D eigenvalue weighted by molar-refractivity contribution is 7.99. The first-order chi connectivity index (χ1) is 10.6. The summed E-state index contributed by atoms with van der Waals surface area (Å²) in [6.07, 6.45) is 2.01. The summed E-state index contributed by atoms with van der Waals surface area (Å²) >= 11 is 1.76. The lowest BCUT2D eigenvalue weighted by molar-refractivity contribution is 0.782. The minimum Gasteiger partial charge on any atom is -0.375 e. The number of thioether (sulfide) groups is 1. The molecule has 22 heavy (non-hydrogen) atoms. The maximum Gasteiger partial charge on any atom is 0.196 e. The molecule has 120 valence electrons. The van der Waals surface area contributed by atoms with Gasteiger partial charge in [-0.15, -0.1) is 10.2 Å². The van der Waals surface area contributed by atoms with Crippen LogP contribution in [0.4, 0.5) is 5.69 Å². The van der Waals surface area contributed by atoms with Gasteiger partial charge in [0.05, 0.1) is 5.69 Å². The van der Waals surface area contributed by atoms with Gasteiger partial charge in [0.15, 0.2) is 5.16 Å². The molecule has 2 rings (SSSR count). The van der Waals surface area contributed by atoms with Gasteiger partial charge >= 0.3 is 0 Å². The highest BCUT2D eigenvalue weighted by Gasteiger charge is 2.15. The monoisotopic (exact) mass is 318 g/mol. The maximum absolute atomic E-state index is 4.41. The Morgan fingerprint density at radius 2 is 2.00 bits per heavy atom. The van der Waals surface area contributed by atoms with Crippen molar-refractivity contribution in [2.45, 2.75) is 50.9 Å². The minimum absolute atomic E-state index is 0.485. The Morgan fingerprint density at radius 3 is 2.64 bits per heavy atom. The second kappa shape index (κ2) is 7.68. The summed E-state index contributed by atoms with van der Waals surface area (Å²) in [5, 5.41) is 10.3. The lowest BCUT2D eigenvalue weighted by Crippen LogP contribution is -2.16. The average molecular weight is 318 g/mol. The van der Waals surface area contributed by atoms with Gasteiger partial charge in [0.1, 0.15) is 5.82 Å². The second-order valence-electron chi connectivity index (χ2n) is 5.68. The summed E-state index contributed by atoms with van der Waals surface area (Å²) in [5.41, 5.74) is 2.37. The zero-order chi connectivity index (χ0) is 16.1. The van der Waals surface area contributed by atoms with Gasteiger partial charge in [0.2, 0.25) is 0 Å². The molecule has 0 N–H and O–H groups in total. The second-order valence-corrected chi connectivity index (χ2v) is 7.23. The van der Waals surface area contributed by atoms with Crippen molar-refractivity contribution in [1.82, 2.24) is 14.8 Å². The van der Waals surface area contributed by atoms with Crippen LogP contribution in [0.1, 0.15) is 39.9 Å². The van der Waals surface area contributed by atoms with E-state index in [1.54, 1.807) is 11.8 Å². The number of hydrogen-bond donors (Lipinski definition) is 0. The van der Waals surface area contributed by atoms with Gasteiger partial charge in [-0.25, -0.2) is 0 Å². The van der Waals surface area contributed by atoms with E-state index in [-0.39, 0.29) is 0 Å². The number of aryl methyl sites for hydroxylation is 1. The fourth-order valence-corrected chi connectivity index (χ4v) is 3.11. The van der Waals surface area contributed by atoms with Crippen LogP contribution < -0.4 is 4.90 Å². The number of nitrogens with zero attached hydrogens (tertiary/aromatic N) is 4. The normalized spacial score (nSPS) is 11.2. The predicted molar refractivity (Wildman–Crippen MR) is 95.3 cm³/mol. The van der Waals surface area contributed by atoms with Crippen LogP contribution in [0, 0.1) is 0 Å². The van der Waals surface area contributed by atoms with E-state index in [0.29, 0.717) is 5.25 Å². The summed E-state index contributed by atoms with van der Waals surface area (Å²) in [6, 6.07) is 8.61. The summed E-state index contributed by atoms with van der Waals surface area (Å²) in [7, 11) is 2.11. The van der Waals surface area contributed by atoms with Gasteiger partial charge in [-0.3, -0.25) is 4.57 Å². The fraction of sp³-hybridized carbons (Fsp3) is 0.529. The van der Waals surface area contributed by atoms with Crippen molar-refractivity contribution in [2.75, 3.05) is 18.5 Å². The van der Waals surface area contributed by atoms with Crippen LogP contribution in [0.15, 0.2) is 29.4 Å². The van der Waals surface area contributed by atoms with E-state index in [9.17, 15) is 0 Å². The van der Waals surface area contributed by atoms with Crippen LogP contribution in [0.25, 0.3) is 5.69 Å². The van der Waals surface area contributed by atoms with Crippen molar-refractivity contribution in [3.8, 4) is 5.69 Å². The molecule has 0 unspecified atom stereocenters. The number of hydrogen-bond acceptors (Lipinski definition) is 4. The van der Waals surface area contributed by atoms with E-state index in [1.165, 1.54) is 5.69 Å². The van der Waals surface area contributed by atoms with E-state index in [1.807, 2.05) is 0 Å². The molecule has 0 radical (unpaired) electrons. The average Bonchev–Trinajstić information content (AvgIpc) is 2.88. The Morgan fingerprint density at radius 1 is 1.23 bits per heavy atom. The smallest absolute Gasteiger partial charge is 0.196 e. The molecule has 0 atom stereocenters. The lowest BCUT2D eigenvalue weighted by Gasteiger charge is -2.18. The van der Waals surface area contributed by atoms with Crippen LogP contribution in [0.5, 0.6) is 0 Å². The number of aromatic nitrogens is 3. The third kappa shape index (κ3) is 3.83. The molecule has 1 heterocycles. The van der Waals surface area contributed by atoms with Crippen molar-refractivity contribution < 1.29 is 0 Å². The van der Waals surface area contributed by atoms with Crippen molar-refractivity contribution in [1.29, 1.82) is 0 Å². The van der Waals surface area contributed by atoms with E-state index in [2.05, 4.69) is 78.7 Å². The van der Waals surface area contributed by atoms with Crippen molar-refractivity contribution in [3.05, 3.63) is 30.1 Å². The SMILES string of the molecule is CCCc1nnc(SC(C)C)n1-c1cccc(N(C)CC)c1. The Bertz CT molecular complexity index is 606. The van der Waals surface area contributed by atoms with Gasteiger partial charge in [-0.2, -0.15) is 0 Å². The Balaban J connectivity index is 2.47. The zero-order valence-electron chi connectivity index (χ0n) is 14.2. The van der Waals surface area contributed by atoms with E-state index >= 15 is 0 Å². The first kappa shape index (κ1) is 16.9. The topological polar surface area (TPSA) is 34.0 Å². The third-order valence-corrected chi connectivity index (χ3v) is 4.46. The van der Waals surface area contributed by atoms with Crippen LogP contribution >= 0.6 is 11.8 Å². The number of anilines is 1. The molecule has 0 saturated heterocycles. The first-order valence-corrected chi connectivity index (χ1v) is 8.87. The molecule has 0 spiro atoms. The summed E-state index contributed by atoms with van der Waals surface area (Å²) in [6.45, 7) is 9.69. The van der Waals surface area contributed by atoms with E-state index in [4.69, 9.17) is 0 Å². The number of benzene rings is 1. The lowest BCUT2D eigenvalue weighted by atomic mass is 10.2. The molecule has 5 heteroatoms. The molecule has 0 fully saturated rings. The van der Waals surface area contributed by atoms with E-state index < -0.39 is 0 Å². The van der Waals surface area contributed by atoms with Crippen molar-refractivity contribution in [3.63, 3.8) is 0 Å². The van der Waals surface area contributed by atoms with Gasteiger partial charge in [-0.1, -0.05) is 38.6 Å². The van der Waals surface area contributed by atoms with Crippen LogP contribution in [0.2, 0.25) is 0 Å². The third-order valence-electron chi connectivity index (χ3n) is 3.52. The number of rotatable bonds is 7. The molecule has 1 aromatic carbocycles. The largest absolute Gasteiger partial charge is 0.375 e. The molecule has 1 aromatic heterocycles. The molecule has 0 amide bonds. The molecule has 0 aliphatic carbocycles. The van der Waals surface area contributed by atoms with Crippen LogP contribution in [-0.4, -0.2) is 33.6 Å². The molecule has 0 aliphatic rings. The molecular weight excluding hydrogens is 292 g/mol. The Labute approximate surface area is 137 Å². The van der Waals surface area contributed by atoms with Crippen LogP contribution in [-0.2, 0) is 6.42 Å². The minimum atomic E-state index is 0.485. The van der Waals surface area contributed by atoms with Gasteiger partial charge < -0.3 is 4.90 Å². The molecule has 4 nitrogen and oxygen atoms in total. The van der Waals surface area contributed by atoms with Crippen molar-refractivity contribution >= 4 is 17.4 Å². The summed E-state index contributed by atoms with van der Waals surface area (Å²) in [4.78, 5) is 2.24. The molecule has 0 bridgehead atoms. The summed E-state index contributed by atoms with van der Waals surface area (Å²) < 4.78 is 2.21. The van der Waals surface area contributed by atoms with E-state index in [0.717, 1.165) is 36.1 Å². The quantitative estimate of drug-likeness (QED) is 0.717. The summed E-state index contributed by atoms with van der Waals surface area (Å²) in [5.74, 6) is 1.04. The molecular formula is C17H26N4S. The predicted octanol–water partition coefficient (Wildman–Crippen LogP) is 4.18. The Kier molecular flexibility index (Phi) is 5.89. The van der Waals surface area contributed by atoms with Crippen molar-refractivity contribution in [2.24, 2.45) is 0 Å². The highest BCUT2D eigenvalue weighted by atomic mass is 32.2. The standard InChI is InChI=1S/C17H26N4S/c1-6-9-16-18-19-17(22-13(3)4)21(16)15-11-8-10-14(12-15)20(5)7-2/h8,10-13H,6-7,9H2,1-5H3. The molecule has 0 saturated carbocycles. The molecule has 0 aliphatic heterocycles. The molecule has 2 aromatic rings. The Hall–Kier alpha value is -1.49.